The van der Waals surface area contributed by atoms with Crippen LogP contribution in [-0.2, 0) is 4.74 Å². The van der Waals surface area contributed by atoms with Crippen molar-refractivity contribution in [2.75, 3.05) is 28.3 Å². The molecule has 0 heterocycles. The molecule has 0 spiro atoms. The summed E-state index contributed by atoms with van der Waals surface area (Å²) in [6.45, 7) is 0. The monoisotopic (exact) mass is 284 g/mol. The van der Waals surface area contributed by atoms with E-state index in [2.05, 4.69) is 15.0 Å². The number of hydrogen-bond donors (Lipinski definition) is 1. The van der Waals surface area contributed by atoms with Crippen LogP contribution in [0.1, 0.15) is 32.1 Å². The van der Waals surface area contributed by atoms with E-state index in [1.54, 1.807) is 26.0 Å². The second-order valence-corrected chi connectivity index (χ2v) is 5.12. The lowest BCUT2D eigenvalue weighted by Gasteiger charge is -2.28. The van der Waals surface area contributed by atoms with E-state index in [4.69, 9.17) is 0 Å². The van der Waals surface area contributed by atoms with E-state index >= 15 is 0 Å². The molecule has 1 saturated carbocycles. The number of carbonyl (C=O) groups excluding carboxylic acids is 2. The molecule has 114 valence electrons. The van der Waals surface area contributed by atoms with Crippen molar-refractivity contribution in [3.63, 3.8) is 0 Å². The molecule has 7 nitrogen and oxygen atoms in total. The average Bonchev–Trinajstić information content (AvgIpc) is 2.44. The summed E-state index contributed by atoms with van der Waals surface area (Å²) in [7, 11) is 6.26. The van der Waals surface area contributed by atoms with Crippen LogP contribution in [0, 0.1) is 0 Å². The van der Waals surface area contributed by atoms with Gasteiger partial charge in [0.15, 0.2) is 0 Å². The lowest BCUT2D eigenvalue weighted by Crippen LogP contribution is -2.50. The Labute approximate surface area is 120 Å². The van der Waals surface area contributed by atoms with Gasteiger partial charge in [-0.15, -0.1) is 4.99 Å². The zero-order valence-electron chi connectivity index (χ0n) is 12.7. The zero-order chi connectivity index (χ0) is 15.1. The molecule has 0 unspecified atom stereocenters. The first-order valence-corrected chi connectivity index (χ1v) is 6.84. The molecule has 1 rings (SSSR count). The van der Waals surface area contributed by atoms with Crippen LogP contribution in [0.15, 0.2) is 4.99 Å². The molecule has 7 heteroatoms. The van der Waals surface area contributed by atoms with Crippen molar-refractivity contribution < 1.29 is 14.3 Å². The standard InChI is InChI=1S/C13H24N4O3/c1-16(2)11(15-13(19)20-4)17(3)12(18)14-10-8-6-5-7-9-10/h10H,5-9H2,1-4H3,(H,14,18)/b15-11-. The number of urea groups is 1. The highest BCUT2D eigenvalue weighted by Gasteiger charge is 2.22. The minimum absolute atomic E-state index is 0.209. The first kappa shape index (κ1) is 16.3. The number of carbonyl (C=O) groups is 2. The van der Waals surface area contributed by atoms with Crippen LogP contribution in [0.3, 0.4) is 0 Å². The van der Waals surface area contributed by atoms with E-state index in [1.165, 1.54) is 18.4 Å². The van der Waals surface area contributed by atoms with Crippen molar-refractivity contribution in [1.82, 2.24) is 15.1 Å². The van der Waals surface area contributed by atoms with Crippen LogP contribution in [0.5, 0.6) is 0 Å². The van der Waals surface area contributed by atoms with Crippen molar-refractivity contribution in [3.8, 4) is 0 Å². The van der Waals surface area contributed by atoms with Gasteiger partial charge in [-0.1, -0.05) is 19.3 Å². The Morgan fingerprint density at radius 3 is 2.25 bits per heavy atom. The second kappa shape index (κ2) is 7.72. The van der Waals surface area contributed by atoms with Crippen molar-refractivity contribution in [2.45, 2.75) is 38.1 Å². The number of rotatable bonds is 1. The Balaban J connectivity index is 2.68. The summed E-state index contributed by atoms with van der Waals surface area (Å²) >= 11 is 0. The number of methoxy groups -OCH3 is 1. The fourth-order valence-electron chi connectivity index (χ4n) is 2.21. The van der Waals surface area contributed by atoms with Crippen LogP contribution in [0.25, 0.3) is 0 Å². The third-order valence-electron chi connectivity index (χ3n) is 3.30. The zero-order valence-corrected chi connectivity index (χ0v) is 12.7. The van der Waals surface area contributed by atoms with Gasteiger partial charge in [0.25, 0.3) is 0 Å². The topological polar surface area (TPSA) is 74.2 Å². The summed E-state index contributed by atoms with van der Waals surface area (Å²) in [6.07, 6.45) is 4.80. The molecule has 20 heavy (non-hydrogen) atoms. The number of amides is 3. The average molecular weight is 284 g/mol. The van der Waals surface area contributed by atoms with Gasteiger partial charge in [-0.3, -0.25) is 4.90 Å². The Kier molecular flexibility index (Phi) is 6.27. The molecule has 0 aromatic rings. The number of aliphatic imine (C=N–C) groups is 1. The van der Waals surface area contributed by atoms with Gasteiger partial charge in [0.2, 0.25) is 5.96 Å². The lowest BCUT2D eigenvalue weighted by atomic mass is 9.96. The first-order chi connectivity index (χ1) is 9.45. The van der Waals surface area contributed by atoms with Gasteiger partial charge in [0, 0.05) is 27.2 Å². The summed E-state index contributed by atoms with van der Waals surface area (Å²) in [5.41, 5.74) is 0. The lowest BCUT2D eigenvalue weighted by molar-refractivity contribution is 0.181. The highest BCUT2D eigenvalue weighted by atomic mass is 16.5. The van der Waals surface area contributed by atoms with E-state index in [-0.39, 0.29) is 18.0 Å². The van der Waals surface area contributed by atoms with E-state index in [0.29, 0.717) is 0 Å². The van der Waals surface area contributed by atoms with E-state index < -0.39 is 6.09 Å². The maximum absolute atomic E-state index is 12.2. The predicted molar refractivity (Wildman–Crippen MR) is 76.7 cm³/mol. The van der Waals surface area contributed by atoms with Crippen molar-refractivity contribution in [1.29, 1.82) is 0 Å². The van der Waals surface area contributed by atoms with Crippen LogP contribution >= 0.6 is 0 Å². The number of guanidine groups is 1. The van der Waals surface area contributed by atoms with Gasteiger partial charge in [-0.2, -0.15) is 0 Å². The minimum atomic E-state index is -0.731. The molecule has 1 N–H and O–H groups in total. The maximum atomic E-state index is 12.2. The molecule has 0 aromatic carbocycles. The number of nitrogens with zero attached hydrogens (tertiary/aromatic N) is 3. The summed E-state index contributed by atoms with van der Waals surface area (Å²) in [4.78, 5) is 30.1. The van der Waals surface area contributed by atoms with E-state index in [1.807, 2.05) is 0 Å². The summed E-state index contributed by atoms with van der Waals surface area (Å²) in [5, 5.41) is 2.97. The summed E-state index contributed by atoms with van der Waals surface area (Å²) in [5.74, 6) is 0.241. The molecule has 0 bridgehead atoms. The number of hydrogen-bond acceptors (Lipinski definition) is 3. The molecular weight excluding hydrogens is 260 g/mol. The Morgan fingerprint density at radius 2 is 1.75 bits per heavy atom. The molecule has 3 amide bonds. The van der Waals surface area contributed by atoms with Gasteiger partial charge < -0.3 is 15.0 Å². The molecular formula is C13H24N4O3. The SMILES string of the molecule is COC(=O)/N=C(/N(C)C)N(C)C(=O)NC1CCCCC1. The molecule has 1 fully saturated rings. The highest BCUT2D eigenvalue weighted by Crippen LogP contribution is 2.17. The number of nitrogens with one attached hydrogen (secondary N) is 1. The quantitative estimate of drug-likeness (QED) is 0.587. The fraction of sp³-hybridized carbons (Fsp3) is 0.769. The summed E-state index contributed by atoms with van der Waals surface area (Å²) in [6, 6.07) is -0.0477. The van der Waals surface area contributed by atoms with Crippen molar-refractivity contribution in [2.24, 2.45) is 4.99 Å². The third kappa shape index (κ3) is 4.71. The van der Waals surface area contributed by atoms with Gasteiger partial charge in [-0.05, 0) is 12.8 Å². The van der Waals surface area contributed by atoms with E-state index in [9.17, 15) is 9.59 Å². The van der Waals surface area contributed by atoms with Gasteiger partial charge in [0.1, 0.15) is 0 Å². The molecule has 0 saturated heterocycles. The molecule has 0 aliphatic heterocycles. The van der Waals surface area contributed by atoms with Crippen molar-refractivity contribution >= 4 is 18.1 Å². The Hall–Kier alpha value is -1.79. The molecule has 0 aromatic heterocycles. The smallest absolute Gasteiger partial charge is 0.436 e. The maximum Gasteiger partial charge on any atom is 0.436 e. The van der Waals surface area contributed by atoms with Gasteiger partial charge in [0.05, 0.1) is 7.11 Å². The molecule has 1 aliphatic carbocycles. The normalized spacial score (nSPS) is 16.5. The van der Waals surface area contributed by atoms with E-state index in [0.717, 1.165) is 25.7 Å². The Bertz CT molecular complexity index is 376. The van der Waals surface area contributed by atoms with Gasteiger partial charge in [-0.25, -0.2) is 9.59 Å². The largest absolute Gasteiger partial charge is 0.451 e. The molecule has 0 radical (unpaired) electrons. The number of ether oxygens (including phenoxy) is 1. The minimum Gasteiger partial charge on any atom is -0.451 e. The van der Waals surface area contributed by atoms with Crippen LogP contribution in [0.2, 0.25) is 0 Å². The van der Waals surface area contributed by atoms with Gasteiger partial charge >= 0.3 is 12.1 Å². The summed E-state index contributed by atoms with van der Waals surface area (Å²) < 4.78 is 4.50. The molecule has 0 atom stereocenters. The van der Waals surface area contributed by atoms with Crippen LogP contribution in [-0.4, -0.2) is 62.2 Å². The van der Waals surface area contributed by atoms with Crippen LogP contribution in [0.4, 0.5) is 9.59 Å². The fourth-order valence-corrected chi connectivity index (χ4v) is 2.21. The second-order valence-electron chi connectivity index (χ2n) is 5.12. The van der Waals surface area contributed by atoms with Crippen LogP contribution < -0.4 is 5.32 Å². The molecule has 1 aliphatic rings. The third-order valence-corrected chi connectivity index (χ3v) is 3.30. The van der Waals surface area contributed by atoms with Crippen molar-refractivity contribution in [3.05, 3.63) is 0 Å². The Morgan fingerprint density at radius 1 is 1.15 bits per heavy atom. The predicted octanol–water partition coefficient (Wildman–Crippen LogP) is 1.64. The first-order valence-electron chi connectivity index (χ1n) is 6.84. The highest BCUT2D eigenvalue weighted by molar-refractivity contribution is 5.99.